The maximum Gasteiger partial charge on any atom is 0.420 e. The monoisotopic (exact) mass is 474 g/mol. The first-order chi connectivity index (χ1) is 15.6. The molecule has 1 amide bonds. The zero-order valence-corrected chi connectivity index (χ0v) is 18.6. The van der Waals surface area contributed by atoms with Gasteiger partial charge in [0, 0.05) is 24.8 Å². The van der Waals surface area contributed by atoms with E-state index in [2.05, 4.69) is 5.32 Å². The number of carbonyl (C=O) groups is 1. The van der Waals surface area contributed by atoms with E-state index < -0.39 is 26.6 Å². The number of hydrogen-bond acceptors (Lipinski definition) is 7. The van der Waals surface area contributed by atoms with E-state index in [1.54, 1.807) is 0 Å². The van der Waals surface area contributed by atoms with Gasteiger partial charge in [0.1, 0.15) is 6.54 Å². The van der Waals surface area contributed by atoms with E-state index in [4.69, 9.17) is 4.42 Å². The molecule has 1 atom stereocenters. The number of rotatable bonds is 6. The topological polar surface area (TPSA) is 145 Å². The van der Waals surface area contributed by atoms with Crippen molar-refractivity contribution in [3.63, 3.8) is 0 Å². The van der Waals surface area contributed by atoms with Crippen LogP contribution in [0.4, 0.5) is 11.4 Å². The molecule has 1 unspecified atom stereocenters. The maximum absolute atomic E-state index is 12.9. The molecule has 4 rings (SSSR count). The molecule has 3 aromatic rings. The number of hydrogen-bond donors (Lipinski definition) is 1. The lowest BCUT2D eigenvalue weighted by molar-refractivity contribution is -0.384. The van der Waals surface area contributed by atoms with Gasteiger partial charge in [-0.05, 0) is 49.1 Å². The van der Waals surface area contributed by atoms with Gasteiger partial charge in [-0.15, -0.1) is 0 Å². The van der Waals surface area contributed by atoms with E-state index in [1.165, 1.54) is 40.7 Å². The van der Waals surface area contributed by atoms with Crippen molar-refractivity contribution in [2.24, 2.45) is 5.92 Å². The van der Waals surface area contributed by atoms with E-state index in [0.29, 0.717) is 24.7 Å². The number of nitro groups is 1. The van der Waals surface area contributed by atoms with Crippen molar-refractivity contribution >= 4 is 38.4 Å². The molecule has 174 valence electrons. The summed E-state index contributed by atoms with van der Waals surface area (Å²) in [5.74, 6) is -1.06. The second kappa shape index (κ2) is 8.79. The van der Waals surface area contributed by atoms with Gasteiger partial charge in [-0.25, -0.2) is 13.2 Å². The van der Waals surface area contributed by atoms with Crippen LogP contribution in [0.5, 0.6) is 0 Å². The first-order valence-corrected chi connectivity index (χ1v) is 11.8. The van der Waals surface area contributed by atoms with E-state index >= 15 is 0 Å². The highest BCUT2D eigenvalue weighted by Crippen LogP contribution is 2.24. The molecule has 2 aromatic carbocycles. The number of non-ortho nitro benzene ring substituents is 1. The lowest BCUT2D eigenvalue weighted by atomic mass is 10.0. The van der Waals surface area contributed by atoms with Gasteiger partial charge in [0.25, 0.3) is 5.69 Å². The third-order valence-electron chi connectivity index (χ3n) is 5.56. The number of fused-ring (bicyclic) bond motifs is 1. The first-order valence-electron chi connectivity index (χ1n) is 10.3. The molecule has 1 fully saturated rings. The number of sulfonamides is 1. The molecule has 1 aliphatic heterocycles. The van der Waals surface area contributed by atoms with Gasteiger partial charge in [0.15, 0.2) is 5.58 Å². The molecular weight excluding hydrogens is 452 g/mol. The van der Waals surface area contributed by atoms with E-state index in [0.717, 1.165) is 23.5 Å². The molecule has 1 aromatic heterocycles. The van der Waals surface area contributed by atoms with E-state index in [-0.39, 0.29) is 28.2 Å². The van der Waals surface area contributed by atoms with Crippen LogP contribution in [0.1, 0.15) is 19.8 Å². The van der Waals surface area contributed by atoms with Crippen LogP contribution >= 0.6 is 0 Å². The summed E-state index contributed by atoms with van der Waals surface area (Å²) < 4.78 is 33.3. The summed E-state index contributed by atoms with van der Waals surface area (Å²) in [6.45, 7) is 2.62. The number of nitrogens with one attached hydrogen (secondary N) is 1. The molecule has 0 aliphatic carbocycles. The third-order valence-corrected chi connectivity index (χ3v) is 7.44. The molecule has 1 N–H and O–H groups in total. The SMILES string of the molecule is CC1CCCN(S(=O)(=O)c2ccc(NC(=O)Cn3c(=O)oc4cc([N+](=O)[O-])ccc43)cc2)C1. The van der Waals surface area contributed by atoms with Crippen LogP contribution in [0.2, 0.25) is 0 Å². The molecule has 0 radical (unpaired) electrons. The van der Waals surface area contributed by atoms with Crippen LogP contribution < -0.4 is 11.1 Å². The van der Waals surface area contributed by atoms with Gasteiger partial charge in [0.05, 0.1) is 21.4 Å². The van der Waals surface area contributed by atoms with Crippen molar-refractivity contribution in [1.82, 2.24) is 8.87 Å². The number of carbonyl (C=O) groups excluding carboxylic acids is 1. The highest BCUT2D eigenvalue weighted by molar-refractivity contribution is 7.89. The van der Waals surface area contributed by atoms with Crippen molar-refractivity contribution in [1.29, 1.82) is 0 Å². The Morgan fingerprint density at radius 3 is 2.64 bits per heavy atom. The molecule has 1 saturated heterocycles. The highest BCUT2D eigenvalue weighted by atomic mass is 32.2. The van der Waals surface area contributed by atoms with Gasteiger partial charge in [-0.3, -0.25) is 19.5 Å². The number of benzene rings is 2. The van der Waals surface area contributed by atoms with E-state index in [9.17, 15) is 28.1 Å². The maximum atomic E-state index is 12.9. The largest absolute Gasteiger partial charge is 0.420 e. The van der Waals surface area contributed by atoms with Crippen LogP contribution in [0.15, 0.2) is 56.6 Å². The number of nitrogens with zero attached hydrogens (tertiary/aromatic N) is 3. The summed E-state index contributed by atoms with van der Waals surface area (Å²) in [7, 11) is -3.61. The van der Waals surface area contributed by atoms with Crippen molar-refractivity contribution < 1.29 is 22.6 Å². The molecule has 2 heterocycles. The fraction of sp³-hybridized carbons (Fsp3) is 0.333. The second-order valence-electron chi connectivity index (χ2n) is 8.05. The summed E-state index contributed by atoms with van der Waals surface area (Å²) in [4.78, 5) is 35.0. The Kier molecular flexibility index (Phi) is 6.04. The highest BCUT2D eigenvalue weighted by Gasteiger charge is 2.28. The van der Waals surface area contributed by atoms with Crippen molar-refractivity contribution in [2.45, 2.75) is 31.2 Å². The molecule has 0 saturated carbocycles. The molecule has 33 heavy (non-hydrogen) atoms. The molecule has 12 heteroatoms. The van der Waals surface area contributed by atoms with Crippen LogP contribution in [-0.4, -0.2) is 41.2 Å². The standard InChI is InChI=1S/C21H22N4O7S/c1-14-3-2-10-23(12-14)33(30,31)17-7-4-15(5-8-17)22-20(26)13-24-18-9-6-16(25(28)29)11-19(18)32-21(24)27/h4-9,11,14H,2-3,10,12-13H2,1H3,(H,22,26). The number of amides is 1. The Bertz CT molecular complexity index is 1380. The molecule has 0 spiro atoms. The summed E-state index contributed by atoms with van der Waals surface area (Å²) in [6.07, 6.45) is 1.83. The number of piperidine rings is 1. The average molecular weight is 474 g/mol. The molecule has 11 nitrogen and oxygen atoms in total. The van der Waals surface area contributed by atoms with Crippen LogP contribution in [0.25, 0.3) is 11.1 Å². The first kappa shape index (κ1) is 22.7. The molecule has 0 bridgehead atoms. The fourth-order valence-electron chi connectivity index (χ4n) is 3.89. The van der Waals surface area contributed by atoms with Crippen molar-refractivity contribution in [3.05, 3.63) is 63.1 Å². The normalized spacial score (nSPS) is 17.2. The van der Waals surface area contributed by atoms with Crippen LogP contribution in [-0.2, 0) is 21.4 Å². The second-order valence-corrected chi connectivity index (χ2v) is 9.98. The van der Waals surface area contributed by atoms with Gasteiger partial charge in [-0.1, -0.05) is 6.92 Å². The minimum Gasteiger partial charge on any atom is -0.407 e. The van der Waals surface area contributed by atoms with Crippen LogP contribution in [0.3, 0.4) is 0 Å². The predicted molar refractivity (Wildman–Crippen MR) is 119 cm³/mol. The predicted octanol–water partition coefficient (Wildman–Crippen LogP) is 2.56. The summed E-state index contributed by atoms with van der Waals surface area (Å²) in [5.41, 5.74) is 0.380. The Hall–Kier alpha value is -3.51. The Labute approximate surface area is 188 Å². The number of oxazole rings is 1. The van der Waals surface area contributed by atoms with Gasteiger partial charge >= 0.3 is 5.76 Å². The van der Waals surface area contributed by atoms with E-state index in [1.807, 2.05) is 6.92 Å². The minimum atomic E-state index is -3.61. The minimum absolute atomic E-state index is 0.00332. The summed E-state index contributed by atoms with van der Waals surface area (Å²) in [6, 6.07) is 9.51. The lowest BCUT2D eigenvalue weighted by Gasteiger charge is -2.30. The Morgan fingerprint density at radius 1 is 1.24 bits per heavy atom. The molecular formula is C21H22N4O7S. The lowest BCUT2D eigenvalue weighted by Crippen LogP contribution is -2.39. The Morgan fingerprint density at radius 2 is 1.97 bits per heavy atom. The summed E-state index contributed by atoms with van der Waals surface area (Å²) in [5, 5.41) is 13.5. The quantitative estimate of drug-likeness (QED) is 0.427. The van der Waals surface area contributed by atoms with Gasteiger partial charge in [-0.2, -0.15) is 4.31 Å². The zero-order chi connectivity index (χ0) is 23.8. The number of nitro benzene ring substituents is 1. The average Bonchev–Trinajstić information content (AvgIpc) is 3.08. The number of aromatic nitrogens is 1. The summed E-state index contributed by atoms with van der Waals surface area (Å²) >= 11 is 0. The third kappa shape index (κ3) is 4.66. The van der Waals surface area contributed by atoms with Crippen molar-refractivity contribution in [3.8, 4) is 0 Å². The Balaban J connectivity index is 1.47. The van der Waals surface area contributed by atoms with Crippen molar-refractivity contribution in [2.75, 3.05) is 18.4 Å². The van der Waals surface area contributed by atoms with Crippen LogP contribution in [0, 0.1) is 16.0 Å². The fourth-order valence-corrected chi connectivity index (χ4v) is 5.48. The van der Waals surface area contributed by atoms with Gasteiger partial charge < -0.3 is 9.73 Å². The number of anilines is 1. The van der Waals surface area contributed by atoms with Gasteiger partial charge in [0.2, 0.25) is 15.9 Å². The smallest absolute Gasteiger partial charge is 0.407 e. The zero-order valence-electron chi connectivity index (χ0n) is 17.8. The molecule has 1 aliphatic rings.